The molecule has 1 amide bonds. The second-order valence-electron chi connectivity index (χ2n) is 4.30. The summed E-state index contributed by atoms with van der Waals surface area (Å²) in [5, 5.41) is 12.0. The van der Waals surface area contributed by atoms with Gasteiger partial charge < -0.3 is 5.32 Å². The van der Waals surface area contributed by atoms with Gasteiger partial charge in [0.05, 0.1) is 18.2 Å². The Morgan fingerprint density at radius 2 is 2.26 bits per heavy atom. The molecular formula is C14H18ClN3O. The maximum atomic E-state index is 11.4. The standard InChI is InChI=1S/C14H18ClN3O/c1-3-6-18(10-14(19)17-2)9-12-5-4-11(8-16)7-13(12)15/h4-5,7H,3,6,9-10H2,1-2H3,(H,17,19). The third-order valence-electron chi connectivity index (χ3n) is 2.76. The fourth-order valence-electron chi connectivity index (χ4n) is 1.80. The molecule has 0 aliphatic rings. The number of rotatable bonds is 6. The zero-order valence-corrected chi connectivity index (χ0v) is 12.0. The smallest absolute Gasteiger partial charge is 0.233 e. The SMILES string of the molecule is CCCN(CC(=O)NC)Cc1ccc(C#N)cc1Cl. The fourth-order valence-corrected chi connectivity index (χ4v) is 2.04. The molecule has 4 nitrogen and oxygen atoms in total. The predicted octanol–water partition coefficient (Wildman–Crippen LogP) is 2.17. The highest BCUT2D eigenvalue weighted by Crippen LogP contribution is 2.19. The minimum Gasteiger partial charge on any atom is -0.358 e. The van der Waals surface area contributed by atoms with Gasteiger partial charge in [0.15, 0.2) is 0 Å². The van der Waals surface area contributed by atoms with E-state index in [2.05, 4.69) is 18.3 Å². The van der Waals surface area contributed by atoms with Crippen molar-refractivity contribution < 1.29 is 4.79 Å². The van der Waals surface area contributed by atoms with Crippen LogP contribution >= 0.6 is 11.6 Å². The van der Waals surface area contributed by atoms with E-state index >= 15 is 0 Å². The minimum absolute atomic E-state index is 0.0155. The zero-order valence-electron chi connectivity index (χ0n) is 11.2. The molecule has 0 bridgehead atoms. The van der Waals surface area contributed by atoms with Crippen molar-refractivity contribution in [3.05, 3.63) is 34.3 Å². The van der Waals surface area contributed by atoms with Crippen molar-refractivity contribution in [3.8, 4) is 6.07 Å². The third-order valence-corrected chi connectivity index (χ3v) is 3.11. The first-order valence-electron chi connectivity index (χ1n) is 6.22. The van der Waals surface area contributed by atoms with Crippen molar-refractivity contribution in [2.24, 2.45) is 0 Å². The maximum Gasteiger partial charge on any atom is 0.233 e. The quantitative estimate of drug-likeness (QED) is 0.868. The lowest BCUT2D eigenvalue weighted by atomic mass is 10.1. The van der Waals surface area contributed by atoms with Gasteiger partial charge in [0.2, 0.25) is 5.91 Å². The van der Waals surface area contributed by atoms with E-state index in [1.807, 2.05) is 11.0 Å². The van der Waals surface area contributed by atoms with E-state index in [4.69, 9.17) is 16.9 Å². The normalized spacial score (nSPS) is 10.3. The zero-order chi connectivity index (χ0) is 14.3. The Kier molecular flexibility index (Phi) is 6.34. The molecule has 0 fully saturated rings. The van der Waals surface area contributed by atoms with Gasteiger partial charge in [-0.15, -0.1) is 0 Å². The van der Waals surface area contributed by atoms with Crippen LogP contribution in [0.3, 0.4) is 0 Å². The molecule has 0 saturated heterocycles. The fraction of sp³-hybridized carbons (Fsp3) is 0.429. The first kappa shape index (κ1) is 15.5. The Morgan fingerprint density at radius 1 is 1.53 bits per heavy atom. The molecule has 0 aromatic heterocycles. The van der Waals surface area contributed by atoms with Gasteiger partial charge in [-0.3, -0.25) is 9.69 Å². The predicted molar refractivity (Wildman–Crippen MR) is 75.8 cm³/mol. The third kappa shape index (κ3) is 4.90. The Balaban J connectivity index is 2.78. The number of amides is 1. The lowest BCUT2D eigenvalue weighted by molar-refractivity contribution is -0.121. The average molecular weight is 280 g/mol. The molecule has 5 heteroatoms. The molecule has 19 heavy (non-hydrogen) atoms. The Bertz CT molecular complexity index is 482. The van der Waals surface area contributed by atoms with E-state index in [1.165, 1.54) is 0 Å². The summed E-state index contributed by atoms with van der Waals surface area (Å²) >= 11 is 6.14. The number of benzene rings is 1. The van der Waals surface area contributed by atoms with Crippen LogP contribution in [0.15, 0.2) is 18.2 Å². The Morgan fingerprint density at radius 3 is 2.79 bits per heavy atom. The molecule has 0 aliphatic heterocycles. The first-order chi connectivity index (χ1) is 9.10. The van der Waals surface area contributed by atoms with Gasteiger partial charge in [0.1, 0.15) is 0 Å². The van der Waals surface area contributed by atoms with E-state index in [0.29, 0.717) is 23.7 Å². The second kappa shape index (κ2) is 7.78. The van der Waals surface area contributed by atoms with E-state index < -0.39 is 0 Å². The monoisotopic (exact) mass is 279 g/mol. The molecule has 0 saturated carbocycles. The van der Waals surface area contributed by atoms with Crippen LogP contribution < -0.4 is 5.32 Å². The molecule has 0 radical (unpaired) electrons. The van der Waals surface area contributed by atoms with E-state index in [9.17, 15) is 4.79 Å². The Labute approximate surface area is 119 Å². The summed E-state index contributed by atoms with van der Waals surface area (Å²) in [6, 6.07) is 7.29. The first-order valence-corrected chi connectivity index (χ1v) is 6.60. The number of carbonyl (C=O) groups is 1. The summed E-state index contributed by atoms with van der Waals surface area (Å²) in [7, 11) is 1.63. The molecule has 1 aromatic carbocycles. The highest BCUT2D eigenvalue weighted by atomic mass is 35.5. The highest BCUT2D eigenvalue weighted by molar-refractivity contribution is 6.31. The van der Waals surface area contributed by atoms with Gasteiger partial charge in [-0.25, -0.2) is 0 Å². The molecule has 0 unspecified atom stereocenters. The lowest BCUT2D eigenvalue weighted by Crippen LogP contribution is -2.35. The van der Waals surface area contributed by atoms with Crippen molar-refractivity contribution >= 4 is 17.5 Å². The molecule has 0 heterocycles. The number of carbonyl (C=O) groups excluding carboxylic acids is 1. The van der Waals surface area contributed by atoms with E-state index in [-0.39, 0.29) is 5.91 Å². The molecule has 0 spiro atoms. The van der Waals surface area contributed by atoms with Crippen molar-refractivity contribution in [1.29, 1.82) is 5.26 Å². The minimum atomic E-state index is -0.0155. The van der Waals surface area contributed by atoms with Crippen molar-refractivity contribution in [2.75, 3.05) is 20.1 Å². The molecule has 0 aliphatic carbocycles. The molecule has 1 aromatic rings. The van der Waals surface area contributed by atoms with Crippen molar-refractivity contribution in [3.63, 3.8) is 0 Å². The van der Waals surface area contributed by atoms with Crippen LogP contribution in [0.1, 0.15) is 24.5 Å². The topological polar surface area (TPSA) is 56.1 Å². The summed E-state index contributed by atoms with van der Waals surface area (Å²) < 4.78 is 0. The van der Waals surface area contributed by atoms with Crippen LogP contribution in [-0.2, 0) is 11.3 Å². The summed E-state index contributed by atoms with van der Waals surface area (Å²) in [4.78, 5) is 13.5. The number of hydrogen-bond donors (Lipinski definition) is 1. The molecule has 0 atom stereocenters. The number of nitrogens with one attached hydrogen (secondary N) is 1. The van der Waals surface area contributed by atoms with Crippen LogP contribution in [-0.4, -0.2) is 30.9 Å². The van der Waals surface area contributed by atoms with Gasteiger partial charge in [-0.1, -0.05) is 24.6 Å². The summed E-state index contributed by atoms with van der Waals surface area (Å²) in [5.41, 5.74) is 1.47. The number of nitriles is 1. The van der Waals surface area contributed by atoms with Crippen LogP contribution in [0.2, 0.25) is 5.02 Å². The summed E-state index contributed by atoms with van der Waals surface area (Å²) in [5.74, 6) is -0.0155. The molecule has 102 valence electrons. The van der Waals surface area contributed by atoms with E-state index in [1.54, 1.807) is 19.2 Å². The van der Waals surface area contributed by atoms with Crippen LogP contribution in [0.4, 0.5) is 0 Å². The molecular weight excluding hydrogens is 262 g/mol. The summed E-state index contributed by atoms with van der Waals surface area (Å²) in [6.45, 7) is 3.84. The number of halogens is 1. The Hall–Kier alpha value is -1.57. The van der Waals surface area contributed by atoms with Crippen molar-refractivity contribution in [2.45, 2.75) is 19.9 Å². The maximum absolute atomic E-state index is 11.4. The van der Waals surface area contributed by atoms with Crippen LogP contribution in [0.5, 0.6) is 0 Å². The number of likely N-dealkylation sites (N-methyl/N-ethyl adjacent to an activating group) is 1. The average Bonchev–Trinajstić information content (AvgIpc) is 2.41. The van der Waals surface area contributed by atoms with Crippen LogP contribution in [0.25, 0.3) is 0 Å². The lowest BCUT2D eigenvalue weighted by Gasteiger charge is -2.21. The van der Waals surface area contributed by atoms with Crippen LogP contribution in [0, 0.1) is 11.3 Å². The highest BCUT2D eigenvalue weighted by Gasteiger charge is 2.11. The van der Waals surface area contributed by atoms with Gasteiger partial charge in [-0.05, 0) is 30.7 Å². The van der Waals surface area contributed by atoms with Crippen molar-refractivity contribution in [1.82, 2.24) is 10.2 Å². The van der Waals surface area contributed by atoms with Gasteiger partial charge in [0, 0.05) is 18.6 Å². The van der Waals surface area contributed by atoms with Gasteiger partial charge in [-0.2, -0.15) is 5.26 Å². The number of nitrogens with zero attached hydrogens (tertiary/aromatic N) is 2. The summed E-state index contributed by atoms with van der Waals surface area (Å²) in [6.07, 6.45) is 0.963. The number of hydrogen-bond acceptors (Lipinski definition) is 3. The van der Waals surface area contributed by atoms with Gasteiger partial charge in [0.25, 0.3) is 0 Å². The molecule has 1 N–H and O–H groups in total. The van der Waals surface area contributed by atoms with E-state index in [0.717, 1.165) is 18.5 Å². The second-order valence-corrected chi connectivity index (χ2v) is 4.71. The van der Waals surface area contributed by atoms with Gasteiger partial charge >= 0.3 is 0 Å². The largest absolute Gasteiger partial charge is 0.358 e. The molecule has 1 rings (SSSR count).